The molecule has 3 amide bonds. The van der Waals surface area contributed by atoms with E-state index < -0.39 is 11.8 Å². The second-order valence-corrected chi connectivity index (χ2v) is 7.06. The molecule has 1 aliphatic rings. The Balaban J connectivity index is 1.41. The third-order valence-corrected chi connectivity index (χ3v) is 5.12. The van der Waals surface area contributed by atoms with Crippen LogP contribution in [0.1, 0.15) is 31.3 Å². The minimum atomic E-state index is -0.547. The van der Waals surface area contributed by atoms with Crippen molar-refractivity contribution in [2.45, 2.75) is 0 Å². The van der Waals surface area contributed by atoms with Gasteiger partial charge in [0.05, 0.1) is 29.5 Å². The van der Waals surface area contributed by atoms with E-state index in [9.17, 15) is 14.4 Å². The highest BCUT2D eigenvalue weighted by atomic mass is 16.5. The largest absolute Gasteiger partial charge is 0.495 e. The number of carbonyl (C=O) groups excluding carboxylic acids is 3. The van der Waals surface area contributed by atoms with Crippen LogP contribution in [0.15, 0.2) is 72.8 Å². The average molecular weight is 424 g/mol. The highest BCUT2D eigenvalue weighted by molar-refractivity contribution is 6.33. The van der Waals surface area contributed by atoms with Gasteiger partial charge in [-0.2, -0.15) is 0 Å². The number of ether oxygens (including phenoxy) is 1. The molecule has 0 bridgehead atoms. The van der Waals surface area contributed by atoms with Crippen molar-refractivity contribution in [2.75, 3.05) is 17.3 Å². The van der Waals surface area contributed by atoms with Gasteiger partial charge in [0.25, 0.3) is 17.7 Å². The number of hydrogen-bond acceptors (Lipinski definition) is 6. The monoisotopic (exact) mass is 424 g/mol. The summed E-state index contributed by atoms with van der Waals surface area (Å²) in [5.74, 6) is -0.905. The topological polar surface area (TPSA) is 101 Å². The van der Waals surface area contributed by atoms with Crippen LogP contribution in [0.2, 0.25) is 0 Å². The van der Waals surface area contributed by atoms with Crippen molar-refractivity contribution >= 4 is 40.1 Å². The Morgan fingerprint density at radius 3 is 1.97 bits per heavy atom. The van der Waals surface area contributed by atoms with Gasteiger partial charge in [-0.1, -0.05) is 24.3 Å². The van der Waals surface area contributed by atoms with E-state index in [1.54, 1.807) is 72.8 Å². The zero-order valence-corrected chi connectivity index (χ0v) is 16.9. The Labute approximate surface area is 182 Å². The first-order valence-electron chi connectivity index (χ1n) is 9.77. The molecule has 4 aromatic rings. The lowest BCUT2D eigenvalue weighted by atomic mass is 10.1. The van der Waals surface area contributed by atoms with Crippen LogP contribution in [0.3, 0.4) is 0 Å². The molecular weight excluding hydrogens is 408 g/mol. The molecule has 8 nitrogen and oxygen atoms in total. The summed E-state index contributed by atoms with van der Waals surface area (Å²) in [7, 11) is 1.52. The van der Waals surface area contributed by atoms with Crippen LogP contribution in [-0.2, 0) is 0 Å². The standard InChI is InChI=1S/C24H16N4O4/c1-32-19-9-5-4-8-18(19)27-22(29)14-10-12-15(13-11-14)28-23(30)20-21(24(28)31)26-17-7-3-2-6-16(17)25-20/h2-13H,1H3,(H,27,29). The van der Waals surface area contributed by atoms with Crippen LogP contribution < -0.4 is 15.0 Å². The van der Waals surface area contributed by atoms with Gasteiger partial charge >= 0.3 is 0 Å². The fraction of sp³-hybridized carbons (Fsp3) is 0.0417. The number of nitrogens with one attached hydrogen (secondary N) is 1. The summed E-state index contributed by atoms with van der Waals surface area (Å²) in [6.07, 6.45) is 0. The Kier molecular flexibility index (Phi) is 4.59. The van der Waals surface area contributed by atoms with Gasteiger partial charge in [0, 0.05) is 5.56 Å². The van der Waals surface area contributed by atoms with Crippen LogP contribution in [0.5, 0.6) is 5.75 Å². The SMILES string of the molecule is COc1ccccc1NC(=O)c1ccc(N2C(=O)c3nc4ccccc4nc3C2=O)cc1. The molecule has 32 heavy (non-hydrogen) atoms. The zero-order valence-electron chi connectivity index (χ0n) is 16.9. The molecule has 1 aliphatic heterocycles. The fourth-order valence-corrected chi connectivity index (χ4v) is 3.54. The minimum absolute atomic E-state index is 0.0201. The van der Waals surface area contributed by atoms with Crippen LogP contribution in [0, 0.1) is 0 Å². The minimum Gasteiger partial charge on any atom is -0.495 e. The third kappa shape index (κ3) is 3.14. The van der Waals surface area contributed by atoms with Gasteiger partial charge in [0.15, 0.2) is 11.4 Å². The summed E-state index contributed by atoms with van der Waals surface area (Å²) >= 11 is 0. The van der Waals surface area contributed by atoms with E-state index in [2.05, 4.69) is 15.3 Å². The van der Waals surface area contributed by atoms with Crippen LogP contribution in [0.4, 0.5) is 11.4 Å². The Bertz CT molecular complexity index is 1340. The van der Waals surface area contributed by atoms with Gasteiger partial charge in [0.2, 0.25) is 0 Å². The molecule has 0 aliphatic carbocycles. The van der Waals surface area contributed by atoms with Crippen molar-refractivity contribution in [1.82, 2.24) is 9.97 Å². The molecule has 1 N–H and O–H groups in total. The van der Waals surface area contributed by atoms with Gasteiger partial charge in [-0.05, 0) is 48.5 Å². The molecule has 5 rings (SSSR count). The van der Waals surface area contributed by atoms with Crippen molar-refractivity contribution in [3.05, 3.63) is 89.7 Å². The number of methoxy groups -OCH3 is 1. The van der Waals surface area contributed by atoms with Crippen molar-refractivity contribution in [3.63, 3.8) is 0 Å². The second kappa shape index (κ2) is 7.59. The molecule has 8 heteroatoms. The first kappa shape index (κ1) is 19.4. The molecule has 3 aromatic carbocycles. The maximum Gasteiger partial charge on any atom is 0.286 e. The molecule has 0 saturated heterocycles. The molecule has 0 unspecified atom stereocenters. The number of imide groups is 1. The van der Waals surface area contributed by atoms with Gasteiger partial charge in [-0.3, -0.25) is 14.4 Å². The maximum atomic E-state index is 12.9. The molecule has 0 radical (unpaired) electrons. The zero-order chi connectivity index (χ0) is 22.2. The van der Waals surface area contributed by atoms with E-state index in [1.165, 1.54) is 7.11 Å². The number of rotatable bonds is 4. The van der Waals surface area contributed by atoms with Gasteiger partial charge in [-0.25, -0.2) is 14.9 Å². The fourth-order valence-electron chi connectivity index (χ4n) is 3.54. The number of nitrogens with zero attached hydrogens (tertiary/aromatic N) is 3. The van der Waals surface area contributed by atoms with E-state index >= 15 is 0 Å². The number of carbonyl (C=O) groups is 3. The van der Waals surface area contributed by atoms with Crippen LogP contribution in [0.25, 0.3) is 11.0 Å². The molecule has 1 aromatic heterocycles. The summed E-state index contributed by atoms with van der Waals surface area (Å²) in [6, 6.07) is 20.3. The molecule has 0 fully saturated rings. The number of para-hydroxylation sites is 4. The van der Waals surface area contributed by atoms with E-state index in [1.807, 2.05) is 0 Å². The average Bonchev–Trinajstić information content (AvgIpc) is 3.07. The van der Waals surface area contributed by atoms with Gasteiger partial charge in [0.1, 0.15) is 5.75 Å². The molecule has 2 heterocycles. The highest BCUT2D eigenvalue weighted by Crippen LogP contribution is 2.28. The van der Waals surface area contributed by atoms with Crippen molar-refractivity contribution in [2.24, 2.45) is 0 Å². The Hall–Kier alpha value is -4.59. The molecule has 0 atom stereocenters. The molecule has 0 saturated carbocycles. The number of fused-ring (bicyclic) bond motifs is 2. The first-order chi connectivity index (χ1) is 15.6. The lowest BCUT2D eigenvalue weighted by Crippen LogP contribution is -2.29. The number of hydrogen-bond donors (Lipinski definition) is 1. The number of benzene rings is 3. The molecular formula is C24H16N4O4. The smallest absolute Gasteiger partial charge is 0.286 e. The van der Waals surface area contributed by atoms with Crippen molar-refractivity contribution < 1.29 is 19.1 Å². The summed E-state index contributed by atoms with van der Waals surface area (Å²) in [5.41, 5.74) is 2.35. The van der Waals surface area contributed by atoms with E-state index in [0.717, 1.165) is 4.90 Å². The lowest BCUT2D eigenvalue weighted by molar-refractivity contribution is 0.0922. The predicted octanol–water partition coefficient (Wildman–Crippen LogP) is 3.69. The van der Waals surface area contributed by atoms with Crippen LogP contribution >= 0.6 is 0 Å². The second-order valence-electron chi connectivity index (χ2n) is 7.06. The van der Waals surface area contributed by atoms with Crippen LogP contribution in [-0.4, -0.2) is 34.8 Å². The van der Waals surface area contributed by atoms with Gasteiger partial charge < -0.3 is 10.1 Å². The highest BCUT2D eigenvalue weighted by Gasteiger charge is 2.40. The number of aromatic nitrogens is 2. The number of amides is 3. The van der Waals surface area contributed by atoms with Gasteiger partial charge in [-0.15, -0.1) is 0 Å². The normalized spacial score (nSPS) is 12.7. The summed E-state index contributed by atoms with van der Waals surface area (Å²) < 4.78 is 5.24. The quantitative estimate of drug-likeness (QED) is 0.502. The summed E-state index contributed by atoms with van der Waals surface area (Å²) in [4.78, 5) is 48.1. The molecule has 156 valence electrons. The first-order valence-corrected chi connectivity index (χ1v) is 9.77. The lowest BCUT2D eigenvalue weighted by Gasteiger charge is -2.14. The number of anilines is 2. The predicted molar refractivity (Wildman–Crippen MR) is 118 cm³/mol. The Morgan fingerprint density at radius 1 is 0.812 bits per heavy atom. The maximum absolute atomic E-state index is 12.9. The summed E-state index contributed by atoms with van der Waals surface area (Å²) in [6.45, 7) is 0. The van der Waals surface area contributed by atoms with E-state index in [-0.39, 0.29) is 17.3 Å². The van der Waals surface area contributed by atoms with E-state index in [0.29, 0.717) is 33.7 Å². The van der Waals surface area contributed by atoms with Crippen molar-refractivity contribution in [3.8, 4) is 5.75 Å². The summed E-state index contributed by atoms with van der Waals surface area (Å²) in [5, 5.41) is 2.79. The molecule has 0 spiro atoms. The van der Waals surface area contributed by atoms with Crippen molar-refractivity contribution in [1.29, 1.82) is 0 Å². The Morgan fingerprint density at radius 2 is 1.38 bits per heavy atom. The third-order valence-electron chi connectivity index (χ3n) is 5.12. The van der Waals surface area contributed by atoms with E-state index in [4.69, 9.17) is 4.74 Å².